The molecule has 1 unspecified atom stereocenters. The van der Waals surface area contributed by atoms with Gasteiger partial charge in [0.25, 0.3) is 0 Å². The van der Waals surface area contributed by atoms with Gasteiger partial charge in [0.1, 0.15) is 0 Å². The lowest BCUT2D eigenvalue weighted by Gasteiger charge is -2.17. The summed E-state index contributed by atoms with van der Waals surface area (Å²) in [5.74, 6) is 0.162. The average molecular weight is 281 g/mol. The first-order valence-corrected chi connectivity index (χ1v) is 7.56. The number of rotatable bonds is 5. The summed E-state index contributed by atoms with van der Waals surface area (Å²) in [6, 6.07) is 10.5. The van der Waals surface area contributed by atoms with Crippen molar-refractivity contribution in [2.24, 2.45) is 0 Å². The Morgan fingerprint density at radius 2 is 2.05 bits per heavy atom. The molecule has 102 valence electrons. The van der Waals surface area contributed by atoms with E-state index in [1.165, 1.54) is 11.1 Å². The van der Waals surface area contributed by atoms with Crippen LogP contribution in [0.4, 0.5) is 0 Å². The molecule has 0 aliphatic carbocycles. The van der Waals surface area contributed by atoms with Crippen molar-refractivity contribution in [2.45, 2.75) is 19.8 Å². The number of hydrogen-bond donors (Lipinski definition) is 0. The van der Waals surface area contributed by atoms with Gasteiger partial charge in [-0.05, 0) is 25.0 Å². The van der Waals surface area contributed by atoms with Gasteiger partial charge in [-0.2, -0.15) is 0 Å². The maximum Gasteiger partial charge on any atom is 0.0897 e. The molecule has 2 rings (SSSR count). The molecule has 0 radical (unpaired) electrons. The molecule has 1 nitrogen and oxygen atoms in total. The molecule has 0 saturated heterocycles. The molecule has 1 aromatic carbocycles. The second-order valence-electron chi connectivity index (χ2n) is 4.54. The van der Waals surface area contributed by atoms with Crippen molar-refractivity contribution in [3.8, 4) is 0 Å². The minimum absolute atomic E-state index is 0.162. The van der Waals surface area contributed by atoms with Crippen molar-refractivity contribution in [1.82, 2.24) is 4.98 Å². The van der Waals surface area contributed by atoms with E-state index in [-0.39, 0.29) is 5.92 Å². The number of hydrogen-bond acceptors (Lipinski definition) is 2. The monoisotopic (exact) mass is 281 g/mol. The van der Waals surface area contributed by atoms with Gasteiger partial charge in [0, 0.05) is 5.38 Å². The number of aryl methyl sites for hydroxylation is 1. The summed E-state index contributed by atoms with van der Waals surface area (Å²) >= 11 is 1.69. The Bertz CT molecular complexity index is 620. The molecule has 0 bridgehead atoms. The highest BCUT2D eigenvalue weighted by molar-refractivity contribution is 7.09. The van der Waals surface area contributed by atoms with Crippen LogP contribution in [0.15, 0.2) is 72.2 Å². The quantitative estimate of drug-likeness (QED) is 0.680. The smallest absolute Gasteiger partial charge is 0.0897 e. The summed E-state index contributed by atoms with van der Waals surface area (Å²) in [6.45, 7) is 7.91. The van der Waals surface area contributed by atoms with E-state index in [2.05, 4.69) is 59.4 Å². The number of allylic oxidation sites excluding steroid dienone is 5. The van der Waals surface area contributed by atoms with Gasteiger partial charge in [-0.25, -0.2) is 4.98 Å². The summed E-state index contributed by atoms with van der Waals surface area (Å²) in [7, 11) is 0. The third kappa shape index (κ3) is 3.34. The zero-order chi connectivity index (χ0) is 14.4. The Kier molecular flexibility index (Phi) is 5.08. The van der Waals surface area contributed by atoms with Crippen LogP contribution in [0.5, 0.6) is 0 Å². The molecule has 2 heteroatoms. The molecule has 0 aliphatic rings. The molecule has 2 aromatic rings. The lowest BCUT2D eigenvalue weighted by Crippen LogP contribution is -2.04. The Morgan fingerprint density at radius 3 is 2.60 bits per heavy atom. The normalized spacial score (nSPS) is 13.6. The number of aromatic nitrogens is 1. The van der Waals surface area contributed by atoms with E-state index in [1.807, 2.05) is 26.0 Å². The van der Waals surface area contributed by atoms with Crippen molar-refractivity contribution in [3.63, 3.8) is 0 Å². The predicted octanol–water partition coefficient (Wildman–Crippen LogP) is 5.27. The van der Waals surface area contributed by atoms with Gasteiger partial charge in [-0.3, -0.25) is 0 Å². The van der Waals surface area contributed by atoms with Crippen LogP contribution in [-0.4, -0.2) is 4.98 Å². The first-order chi connectivity index (χ1) is 9.76. The van der Waals surface area contributed by atoms with Gasteiger partial charge in [0.05, 0.1) is 16.6 Å². The summed E-state index contributed by atoms with van der Waals surface area (Å²) in [5, 5.41) is 3.24. The Morgan fingerprint density at radius 1 is 1.30 bits per heavy atom. The van der Waals surface area contributed by atoms with Gasteiger partial charge in [-0.15, -0.1) is 11.3 Å². The van der Waals surface area contributed by atoms with E-state index in [1.54, 1.807) is 11.3 Å². The van der Waals surface area contributed by atoms with Crippen LogP contribution in [0, 0.1) is 6.92 Å². The van der Waals surface area contributed by atoms with Crippen LogP contribution in [0.1, 0.15) is 29.1 Å². The largest absolute Gasteiger partial charge is 0.246 e. The molecule has 0 aliphatic heterocycles. The molecular weight excluding hydrogens is 262 g/mol. The van der Waals surface area contributed by atoms with Gasteiger partial charge >= 0.3 is 0 Å². The zero-order valence-corrected chi connectivity index (χ0v) is 12.7. The molecular formula is C18H19NS. The molecule has 0 fully saturated rings. The highest BCUT2D eigenvalue weighted by Crippen LogP contribution is 2.33. The summed E-state index contributed by atoms with van der Waals surface area (Å²) < 4.78 is 0. The molecule has 1 aromatic heterocycles. The highest BCUT2D eigenvalue weighted by Gasteiger charge is 2.19. The Hall–Kier alpha value is -1.93. The van der Waals surface area contributed by atoms with Gasteiger partial charge in [0.2, 0.25) is 0 Å². The van der Waals surface area contributed by atoms with Crippen molar-refractivity contribution < 1.29 is 0 Å². The van der Waals surface area contributed by atoms with E-state index in [0.717, 1.165) is 10.7 Å². The van der Waals surface area contributed by atoms with E-state index < -0.39 is 0 Å². The Balaban J connectivity index is 2.54. The molecule has 0 amide bonds. The lowest BCUT2D eigenvalue weighted by molar-refractivity contribution is 0.925. The predicted molar refractivity (Wildman–Crippen MR) is 88.2 cm³/mol. The second-order valence-corrected chi connectivity index (χ2v) is 5.60. The van der Waals surface area contributed by atoms with Gasteiger partial charge in [0.15, 0.2) is 0 Å². The summed E-state index contributed by atoms with van der Waals surface area (Å²) in [4.78, 5) is 4.68. The van der Waals surface area contributed by atoms with E-state index in [0.29, 0.717) is 0 Å². The first-order valence-electron chi connectivity index (χ1n) is 6.68. The standard InChI is InChI=1S/C18H19NS/c1-4-9-15(10-5-2)18(16-11-7-6-8-12-16)17-13-20-14(3)19-17/h4-13,18H,1H2,2-3H3/b10-5-,15-9+. The fraction of sp³-hybridized carbons (Fsp3) is 0.167. The first kappa shape index (κ1) is 14.5. The number of thiazole rings is 1. The van der Waals surface area contributed by atoms with Crippen molar-refractivity contribution >= 4 is 11.3 Å². The van der Waals surface area contributed by atoms with Gasteiger partial charge in [-0.1, -0.05) is 61.2 Å². The Labute approximate surface area is 125 Å². The molecule has 1 heterocycles. The average Bonchev–Trinajstić information content (AvgIpc) is 2.87. The fourth-order valence-electron chi connectivity index (χ4n) is 2.27. The maximum atomic E-state index is 4.68. The molecule has 0 N–H and O–H groups in total. The third-order valence-corrected chi connectivity index (χ3v) is 3.86. The highest BCUT2D eigenvalue weighted by atomic mass is 32.1. The van der Waals surface area contributed by atoms with Crippen molar-refractivity contribution in [1.29, 1.82) is 0 Å². The summed E-state index contributed by atoms with van der Waals surface area (Å²) in [6.07, 6.45) is 8.09. The number of nitrogens with zero attached hydrogens (tertiary/aromatic N) is 1. The SMILES string of the molecule is C=C/C=C(\C=C/C)C(c1ccccc1)c1csc(C)n1. The van der Waals surface area contributed by atoms with Crippen molar-refractivity contribution in [3.05, 3.63) is 88.4 Å². The van der Waals surface area contributed by atoms with Crippen LogP contribution in [0.2, 0.25) is 0 Å². The molecule has 0 spiro atoms. The topological polar surface area (TPSA) is 12.9 Å². The van der Waals surface area contributed by atoms with Crippen LogP contribution in [0.3, 0.4) is 0 Å². The van der Waals surface area contributed by atoms with Crippen LogP contribution < -0.4 is 0 Å². The second kappa shape index (κ2) is 7.01. The number of benzene rings is 1. The van der Waals surface area contributed by atoms with Crippen LogP contribution in [0.25, 0.3) is 0 Å². The van der Waals surface area contributed by atoms with Gasteiger partial charge < -0.3 is 0 Å². The van der Waals surface area contributed by atoms with E-state index in [4.69, 9.17) is 0 Å². The third-order valence-electron chi connectivity index (χ3n) is 3.07. The molecule has 20 heavy (non-hydrogen) atoms. The van der Waals surface area contributed by atoms with Crippen LogP contribution >= 0.6 is 11.3 Å². The lowest BCUT2D eigenvalue weighted by atomic mass is 9.88. The van der Waals surface area contributed by atoms with Crippen molar-refractivity contribution in [2.75, 3.05) is 0 Å². The van der Waals surface area contributed by atoms with Crippen LogP contribution in [-0.2, 0) is 0 Å². The molecule has 1 atom stereocenters. The zero-order valence-electron chi connectivity index (χ0n) is 11.9. The molecule has 0 saturated carbocycles. The fourth-order valence-corrected chi connectivity index (χ4v) is 2.91. The minimum Gasteiger partial charge on any atom is -0.246 e. The summed E-state index contributed by atoms with van der Waals surface area (Å²) in [5.41, 5.74) is 3.56. The van der Waals surface area contributed by atoms with E-state index in [9.17, 15) is 0 Å². The maximum absolute atomic E-state index is 4.68. The minimum atomic E-state index is 0.162. The van der Waals surface area contributed by atoms with E-state index >= 15 is 0 Å².